The molecule has 1 N–H and O–H groups in total. The Labute approximate surface area is 151 Å². The van der Waals surface area contributed by atoms with Gasteiger partial charge in [-0.25, -0.2) is 9.97 Å². The fraction of sp³-hybridized carbons (Fsp3) is 0.353. The molecule has 0 aliphatic carbocycles. The first-order chi connectivity index (χ1) is 11.6. The minimum absolute atomic E-state index is 0.292. The van der Waals surface area contributed by atoms with Crippen LogP contribution in [0, 0.1) is 0 Å². The van der Waals surface area contributed by atoms with E-state index in [4.69, 9.17) is 23.2 Å². The summed E-state index contributed by atoms with van der Waals surface area (Å²) in [7, 11) is 0. The lowest BCUT2D eigenvalue weighted by molar-refractivity contribution is 0.102. The Bertz CT molecular complexity index is 710. The molecule has 0 unspecified atom stereocenters. The average molecular weight is 365 g/mol. The largest absolute Gasteiger partial charge is 0.357 e. The van der Waals surface area contributed by atoms with Gasteiger partial charge in [0.15, 0.2) is 0 Å². The molecule has 1 aromatic carbocycles. The van der Waals surface area contributed by atoms with Crippen LogP contribution in [0.1, 0.15) is 36.2 Å². The van der Waals surface area contributed by atoms with Gasteiger partial charge in [0, 0.05) is 19.2 Å². The van der Waals surface area contributed by atoms with Gasteiger partial charge in [0.05, 0.1) is 15.7 Å². The second kappa shape index (κ2) is 7.81. The van der Waals surface area contributed by atoms with Gasteiger partial charge in [-0.3, -0.25) is 4.79 Å². The summed E-state index contributed by atoms with van der Waals surface area (Å²) in [6.07, 6.45) is 6.17. The van der Waals surface area contributed by atoms with E-state index in [1.807, 2.05) is 0 Å². The number of carbonyl (C=O) groups excluding carboxylic acids is 1. The van der Waals surface area contributed by atoms with Gasteiger partial charge in [-0.1, -0.05) is 42.1 Å². The van der Waals surface area contributed by atoms with Gasteiger partial charge in [-0.15, -0.1) is 0 Å². The van der Waals surface area contributed by atoms with Gasteiger partial charge in [0.2, 0.25) is 0 Å². The lowest BCUT2D eigenvalue weighted by atomic mass is 10.2. The van der Waals surface area contributed by atoms with Crippen LogP contribution in [-0.2, 0) is 0 Å². The molecule has 1 aliphatic rings. The molecule has 126 valence electrons. The molecule has 24 heavy (non-hydrogen) atoms. The fourth-order valence-electron chi connectivity index (χ4n) is 2.74. The molecule has 1 aliphatic heterocycles. The van der Waals surface area contributed by atoms with Crippen LogP contribution < -0.4 is 10.2 Å². The highest BCUT2D eigenvalue weighted by atomic mass is 35.5. The maximum absolute atomic E-state index is 12.5. The van der Waals surface area contributed by atoms with Crippen molar-refractivity contribution in [2.75, 3.05) is 23.3 Å². The molecule has 1 aromatic heterocycles. The van der Waals surface area contributed by atoms with Gasteiger partial charge in [-0.05, 0) is 25.0 Å². The average Bonchev–Trinajstić information content (AvgIpc) is 2.87. The predicted octanol–water partition coefficient (Wildman–Crippen LogP) is 4.42. The molecular formula is C17H18Cl2N4O. The molecule has 0 radical (unpaired) electrons. The first-order valence-corrected chi connectivity index (χ1v) is 8.73. The molecule has 0 bridgehead atoms. The number of nitrogens with zero attached hydrogens (tertiary/aromatic N) is 3. The molecule has 1 saturated heterocycles. The highest BCUT2D eigenvalue weighted by Gasteiger charge is 2.16. The Morgan fingerprint density at radius 2 is 1.71 bits per heavy atom. The van der Waals surface area contributed by atoms with Crippen molar-refractivity contribution < 1.29 is 4.79 Å². The van der Waals surface area contributed by atoms with Crippen molar-refractivity contribution in [3.05, 3.63) is 46.3 Å². The van der Waals surface area contributed by atoms with Crippen molar-refractivity contribution >= 4 is 40.6 Å². The third-order valence-corrected chi connectivity index (χ3v) is 4.65. The van der Waals surface area contributed by atoms with E-state index in [1.54, 1.807) is 24.3 Å². The smallest absolute Gasteiger partial charge is 0.274 e. The second-order valence-electron chi connectivity index (χ2n) is 5.71. The van der Waals surface area contributed by atoms with Crippen LogP contribution in [0.15, 0.2) is 30.6 Å². The van der Waals surface area contributed by atoms with E-state index in [9.17, 15) is 4.79 Å². The molecular weight excluding hydrogens is 347 g/mol. The molecule has 1 amide bonds. The standard InChI is InChI=1S/C17H18Cl2N4O/c18-12-6-5-7-13(19)16(12)22-17(24)14-10-15(21-11-20-14)23-8-3-1-2-4-9-23/h5-7,10-11H,1-4,8-9H2,(H,22,24). The first kappa shape index (κ1) is 17.0. The van der Waals surface area contributed by atoms with E-state index < -0.39 is 0 Å². The van der Waals surface area contributed by atoms with E-state index in [0.717, 1.165) is 31.7 Å². The molecule has 0 spiro atoms. The number of hydrogen-bond acceptors (Lipinski definition) is 4. The van der Waals surface area contributed by atoms with Crippen LogP contribution in [0.4, 0.5) is 11.5 Å². The Morgan fingerprint density at radius 1 is 1.04 bits per heavy atom. The highest BCUT2D eigenvalue weighted by Crippen LogP contribution is 2.30. The highest BCUT2D eigenvalue weighted by molar-refractivity contribution is 6.40. The first-order valence-electron chi connectivity index (χ1n) is 7.97. The van der Waals surface area contributed by atoms with Crippen molar-refractivity contribution in [1.29, 1.82) is 0 Å². The van der Waals surface area contributed by atoms with Crippen molar-refractivity contribution in [3.63, 3.8) is 0 Å². The van der Waals surface area contributed by atoms with E-state index in [-0.39, 0.29) is 5.91 Å². The molecule has 0 atom stereocenters. The maximum atomic E-state index is 12.5. The van der Waals surface area contributed by atoms with E-state index >= 15 is 0 Å². The maximum Gasteiger partial charge on any atom is 0.274 e. The van der Waals surface area contributed by atoms with Crippen molar-refractivity contribution in [2.45, 2.75) is 25.7 Å². The summed E-state index contributed by atoms with van der Waals surface area (Å²) in [6.45, 7) is 1.91. The zero-order valence-electron chi connectivity index (χ0n) is 13.1. The number of aromatic nitrogens is 2. The normalized spacial score (nSPS) is 15.0. The Kier molecular flexibility index (Phi) is 5.53. The van der Waals surface area contributed by atoms with Gasteiger partial charge >= 0.3 is 0 Å². The van der Waals surface area contributed by atoms with Crippen LogP contribution in [0.3, 0.4) is 0 Å². The SMILES string of the molecule is O=C(Nc1c(Cl)cccc1Cl)c1cc(N2CCCCCC2)ncn1. The van der Waals surface area contributed by atoms with Gasteiger partial charge in [0.1, 0.15) is 17.8 Å². The summed E-state index contributed by atoms with van der Waals surface area (Å²) in [5.74, 6) is 0.422. The number of carbonyl (C=O) groups is 1. The summed E-state index contributed by atoms with van der Waals surface area (Å²) >= 11 is 12.2. The van der Waals surface area contributed by atoms with E-state index in [0.29, 0.717) is 21.4 Å². The van der Waals surface area contributed by atoms with Crippen LogP contribution in [-0.4, -0.2) is 29.0 Å². The zero-order valence-corrected chi connectivity index (χ0v) is 14.6. The quantitative estimate of drug-likeness (QED) is 0.875. The molecule has 7 heteroatoms. The fourth-order valence-corrected chi connectivity index (χ4v) is 3.23. The lowest BCUT2D eigenvalue weighted by Gasteiger charge is -2.21. The number of halogens is 2. The summed E-state index contributed by atoms with van der Waals surface area (Å²) in [5, 5.41) is 3.50. The number of amides is 1. The Hall–Kier alpha value is -1.85. The van der Waals surface area contributed by atoms with Crippen molar-refractivity contribution in [3.8, 4) is 0 Å². The summed E-state index contributed by atoms with van der Waals surface area (Å²) < 4.78 is 0. The number of para-hydroxylation sites is 1. The number of hydrogen-bond donors (Lipinski definition) is 1. The van der Waals surface area contributed by atoms with Crippen LogP contribution in [0.5, 0.6) is 0 Å². The second-order valence-corrected chi connectivity index (χ2v) is 6.53. The number of benzene rings is 1. The zero-order chi connectivity index (χ0) is 16.9. The van der Waals surface area contributed by atoms with Gasteiger partial charge < -0.3 is 10.2 Å². The number of nitrogens with one attached hydrogen (secondary N) is 1. The van der Waals surface area contributed by atoms with E-state index in [2.05, 4.69) is 20.2 Å². The third kappa shape index (κ3) is 3.97. The topological polar surface area (TPSA) is 58.1 Å². The predicted molar refractivity (Wildman–Crippen MR) is 97.1 cm³/mol. The summed E-state index contributed by atoms with van der Waals surface area (Å²) in [5.41, 5.74) is 0.681. The van der Waals surface area contributed by atoms with Crippen LogP contribution in [0.2, 0.25) is 10.0 Å². The minimum Gasteiger partial charge on any atom is -0.357 e. The van der Waals surface area contributed by atoms with Gasteiger partial charge in [0.25, 0.3) is 5.91 Å². The van der Waals surface area contributed by atoms with Crippen LogP contribution in [0.25, 0.3) is 0 Å². The third-order valence-electron chi connectivity index (χ3n) is 4.02. The molecule has 1 fully saturated rings. The number of anilines is 2. The molecule has 3 rings (SSSR count). The molecule has 5 nitrogen and oxygen atoms in total. The van der Waals surface area contributed by atoms with Crippen molar-refractivity contribution in [1.82, 2.24) is 9.97 Å². The summed E-state index contributed by atoms with van der Waals surface area (Å²) in [4.78, 5) is 23.1. The summed E-state index contributed by atoms with van der Waals surface area (Å²) in [6, 6.07) is 6.78. The monoisotopic (exact) mass is 364 g/mol. The van der Waals surface area contributed by atoms with Gasteiger partial charge in [-0.2, -0.15) is 0 Å². The van der Waals surface area contributed by atoms with E-state index in [1.165, 1.54) is 19.2 Å². The minimum atomic E-state index is -0.358. The lowest BCUT2D eigenvalue weighted by Crippen LogP contribution is -2.25. The molecule has 0 saturated carbocycles. The van der Waals surface area contributed by atoms with Crippen LogP contribution >= 0.6 is 23.2 Å². The Balaban J connectivity index is 1.79. The molecule has 2 aromatic rings. The molecule has 2 heterocycles. The Morgan fingerprint density at radius 3 is 2.38 bits per heavy atom. The van der Waals surface area contributed by atoms with Crippen molar-refractivity contribution in [2.24, 2.45) is 0 Å². The number of rotatable bonds is 3.